The highest BCUT2D eigenvalue weighted by atomic mass is 32.2. The Morgan fingerprint density at radius 3 is 2.47 bits per heavy atom. The van der Waals surface area contributed by atoms with E-state index in [1.165, 1.54) is 31.7 Å². The summed E-state index contributed by atoms with van der Waals surface area (Å²) in [6.45, 7) is 0.421. The molecule has 0 bridgehead atoms. The molecule has 30 heavy (non-hydrogen) atoms. The van der Waals surface area contributed by atoms with Crippen molar-refractivity contribution in [2.45, 2.75) is 17.7 Å². The van der Waals surface area contributed by atoms with Crippen LogP contribution in [0.4, 0.5) is 5.69 Å². The summed E-state index contributed by atoms with van der Waals surface area (Å²) < 4.78 is 43.6. The number of amides is 1. The molecule has 1 aliphatic rings. The van der Waals surface area contributed by atoms with Crippen molar-refractivity contribution in [1.29, 1.82) is 0 Å². The Hall–Kier alpha value is -2.78. The maximum absolute atomic E-state index is 13.3. The van der Waals surface area contributed by atoms with E-state index in [0.29, 0.717) is 36.6 Å². The van der Waals surface area contributed by atoms with Crippen LogP contribution in [0.1, 0.15) is 12.8 Å². The molecule has 1 amide bonds. The van der Waals surface area contributed by atoms with Gasteiger partial charge in [-0.15, -0.1) is 0 Å². The highest BCUT2D eigenvalue weighted by molar-refractivity contribution is 7.89. The van der Waals surface area contributed by atoms with Crippen LogP contribution in [0.15, 0.2) is 47.4 Å². The van der Waals surface area contributed by atoms with Crippen LogP contribution in [0.2, 0.25) is 0 Å². The van der Waals surface area contributed by atoms with Gasteiger partial charge in [0.05, 0.1) is 32.9 Å². The van der Waals surface area contributed by atoms with E-state index in [0.717, 1.165) is 0 Å². The molecule has 1 saturated heterocycles. The zero-order chi connectivity index (χ0) is 21.7. The van der Waals surface area contributed by atoms with Crippen molar-refractivity contribution in [2.75, 3.05) is 39.7 Å². The second kappa shape index (κ2) is 9.36. The molecule has 2 aromatic carbocycles. The fourth-order valence-corrected chi connectivity index (χ4v) is 5.18. The number of sulfonamides is 1. The van der Waals surface area contributed by atoms with Crippen molar-refractivity contribution < 1.29 is 27.4 Å². The van der Waals surface area contributed by atoms with E-state index < -0.39 is 15.9 Å². The van der Waals surface area contributed by atoms with Crippen LogP contribution < -0.4 is 19.5 Å². The number of anilines is 1. The van der Waals surface area contributed by atoms with Crippen LogP contribution in [-0.4, -0.2) is 53.0 Å². The highest BCUT2D eigenvalue weighted by Crippen LogP contribution is 2.33. The summed E-state index contributed by atoms with van der Waals surface area (Å²) in [6.07, 6.45) is 1.18. The van der Waals surface area contributed by atoms with Gasteiger partial charge in [0, 0.05) is 19.2 Å². The van der Waals surface area contributed by atoms with Crippen LogP contribution in [0.3, 0.4) is 0 Å². The minimum atomic E-state index is -3.87. The zero-order valence-corrected chi connectivity index (χ0v) is 18.1. The molecule has 2 aromatic rings. The lowest BCUT2D eigenvalue weighted by molar-refractivity contribution is -0.120. The lowest BCUT2D eigenvalue weighted by Gasteiger charge is -2.31. The number of methoxy groups -OCH3 is 3. The second-order valence-electron chi connectivity index (χ2n) is 6.91. The van der Waals surface area contributed by atoms with Gasteiger partial charge in [0.1, 0.15) is 22.1 Å². The number of carbonyl (C=O) groups is 1. The van der Waals surface area contributed by atoms with E-state index in [1.807, 2.05) is 6.07 Å². The van der Waals surface area contributed by atoms with Crippen LogP contribution in [0, 0.1) is 5.92 Å². The molecule has 0 unspecified atom stereocenters. The molecule has 8 nitrogen and oxygen atoms in total. The first-order valence-electron chi connectivity index (χ1n) is 9.56. The Morgan fingerprint density at radius 1 is 1.03 bits per heavy atom. The molecule has 1 fully saturated rings. The summed E-state index contributed by atoms with van der Waals surface area (Å²) in [5.74, 6) is 0.479. The molecule has 1 aliphatic heterocycles. The number of nitrogens with one attached hydrogen (secondary N) is 1. The average molecular weight is 435 g/mol. The number of rotatable bonds is 7. The first kappa shape index (κ1) is 21.9. The molecule has 0 aliphatic carbocycles. The summed E-state index contributed by atoms with van der Waals surface area (Å²) in [6, 6.07) is 11.7. The fraction of sp³-hybridized carbons (Fsp3) is 0.381. The minimum Gasteiger partial charge on any atom is -0.497 e. The Balaban J connectivity index is 1.81. The Morgan fingerprint density at radius 2 is 1.77 bits per heavy atom. The lowest BCUT2D eigenvalue weighted by atomic mass is 9.98. The van der Waals surface area contributed by atoms with Gasteiger partial charge in [-0.25, -0.2) is 8.42 Å². The quantitative estimate of drug-likeness (QED) is 0.720. The predicted octanol–water partition coefficient (Wildman–Crippen LogP) is 2.75. The van der Waals surface area contributed by atoms with Gasteiger partial charge in [-0.05, 0) is 37.1 Å². The van der Waals surface area contributed by atoms with Gasteiger partial charge in [-0.1, -0.05) is 12.1 Å². The summed E-state index contributed by atoms with van der Waals surface area (Å²) in [5.41, 5.74) is 0.555. The molecule has 1 N–H and O–H groups in total. The van der Waals surface area contributed by atoms with E-state index in [1.54, 1.807) is 30.3 Å². The van der Waals surface area contributed by atoms with Gasteiger partial charge in [0.15, 0.2) is 0 Å². The molecule has 162 valence electrons. The highest BCUT2D eigenvalue weighted by Gasteiger charge is 2.35. The summed E-state index contributed by atoms with van der Waals surface area (Å²) in [5, 5.41) is 2.85. The number of hydrogen-bond donors (Lipinski definition) is 1. The summed E-state index contributed by atoms with van der Waals surface area (Å²) in [4.78, 5) is 12.9. The first-order valence-corrected chi connectivity index (χ1v) is 11.0. The third-order valence-electron chi connectivity index (χ3n) is 5.11. The molecular formula is C21H26N2O6S. The summed E-state index contributed by atoms with van der Waals surface area (Å²) >= 11 is 0. The predicted molar refractivity (Wildman–Crippen MR) is 113 cm³/mol. The maximum atomic E-state index is 13.3. The number of para-hydroxylation sites is 2. The van der Waals surface area contributed by atoms with Crippen molar-refractivity contribution in [3.8, 4) is 17.2 Å². The molecule has 0 radical (unpaired) electrons. The normalized spacial score (nSPS) is 17.2. The van der Waals surface area contributed by atoms with Crippen molar-refractivity contribution in [1.82, 2.24) is 4.31 Å². The Kier molecular flexibility index (Phi) is 6.84. The van der Waals surface area contributed by atoms with Gasteiger partial charge >= 0.3 is 0 Å². The van der Waals surface area contributed by atoms with E-state index in [9.17, 15) is 13.2 Å². The molecule has 0 saturated carbocycles. The molecule has 1 heterocycles. The monoisotopic (exact) mass is 434 g/mol. The van der Waals surface area contributed by atoms with Crippen molar-refractivity contribution >= 4 is 21.6 Å². The number of piperidine rings is 1. The standard InChI is InChI=1S/C21H26N2O6S/c1-27-16-10-11-19(29-3)20(13-16)30(25,26)23-12-6-7-15(14-23)21(24)22-17-8-4-5-9-18(17)28-2/h4-5,8-11,13,15H,6-7,12,14H2,1-3H3,(H,22,24)/t15-/m0/s1. The van der Waals surface area contributed by atoms with E-state index >= 15 is 0 Å². The second-order valence-corrected chi connectivity index (χ2v) is 8.81. The summed E-state index contributed by atoms with van der Waals surface area (Å²) in [7, 11) is 0.550. The van der Waals surface area contributed by atoms with Gasteiger partial charge in [0.2, 0.25) is 15.9 Å². The Labute approximate surface area is 176 Å². The number of hydrogen-bond acceptors (Lipinski definition) is 6. The van der Waals surface area contributed by atoms with E-state index in [-0.39, 0.29) is 23.1 Å². The number of ether oxygens (including phenoxy) is 3. The zero-order valence-electron chi connectivity index (χ0n) is 17.3. The van der Waals surface area contributed by atoms with Crippen LogP contribution >= 0.6 is 0 Å². The van der Waals surface area contributed by atoms with Gasteiger partial charge in [0.25, 0.3) is 0 Å². The molecule has 0 spiro atoms. The number of carbonyl (C=O) groups excluding carboxylic acids is 1. The van der Waals surface area contributed by atoms with Gasteiger partial charge in [-0.2, -0.15) is 4.31 Å². The van der Waals surface area contributed by atoms with Crippen molar-refractivity contribution in [3.05, 3.63) is 42.5 Å². The largest absolute Gasteiger partial charge is 0.497 e. The molecule has 0 aromatic heterocycles. The third-order valence-corrected chi connectivity index (χ3v) is 6.99. The van der Waals surface area contributed by atoms with Crippen molar-refractivity contribution in [2.24, 2.45) is 5.92 Å². The molecule has 9 heteroatoms. The average Bonchev–Trinajstić information content (AvgIpc) is 2.79. The number of nitrogens with zero attached hydrogens (tertiary/aromatic N) is 1. The Bertz CT molecular complexity index is 1010. The lowest BCUT2D eigenvalue weighted by Crippen LogP contribution is -2.43. The fourth-order valence-electron chi connectivity index (χ4n) is 3.48. The minimum absolute atomic E-state index is 0.0233. The number of benzene rings is 2. The van der Waals surface area contributed by atoms with Gasteiger partial charge in [-0.3, -0.25) is 4.79 Å². The van der Waals surface area contributed by atoms with Crippen LogP contribution in [0.5, 0.6) is 17.2 Å². The smallest absolute Gasteiger partial charge is 0.246 e. The molecule has 1 atom stereocenters. The molecule has 3 rings (SSSR count). The first-order chi connectivity index (χ1) is 14.4. The maximum Gasteiger partial charge on any atom is 0.246 e. The van der Waals surface area contributed by atoms with E-state index in [4.69, 9.17) is 14.2 Å². The van der Waals surface area contributed by atoms with Crippen LogP contribution in [-0.2, 0) is 14.8 Å². The van der Waals surface area contributed by atoms with Crippen molar-refractivity contribution in [3.63, 3.8) is 0 Å². The van der Waals surface area contributed by atoms with Gasteiger partial charge < -0.3 is 19.5 Å². The molecular weight excluding hydrogens is 408 g/mol. The SMILES string of the molecule is COc1ccc(OC)c(S(=O)(=O)N2CCC[C@H](C(=O)Nc3ccccc3OC)C2)c1. The van der Waals surface area contributed by atoms with Crippen LogP contribution in [0.25, 0.3) is 0 Å². The third kappa shape index (κ3) is 4.52. The topological polar surface area (TPSA) is 94.2 Å². The van der Waals surface area contributed by atoms with E-state index in [2.05, 4.69) is 5.32 Å².